The highest BCUT2D eigenvalue weighted by Crippen LogP contribution is 2.32. The zero-order chi connectivity index (χ0) is 22.7. The van der Waals surface area contributed by atoms with Gasteiger partial charge in [0.25, 0.3) is 0 Å². The van der Waals surface area contributed by atoms with Crippen LogP contribution < -0.4 is 5.32 Å². The number of carbonyl (C=O) groups is 1. The number of nitrogens with zero attached hydrogens (tertiary/aromatic N) is 3. The fraction of sp³-hybridized carbons (Fsp3) is 0.261. The van der Waals surface area contributed by atoms with Gasteiger partial charge in [-0.25, -0.2) is 14.8 Å². The van der Waals surface area contributed by atoms with Crippen LogP contribution in [0.1, 0.15) is 29.9 Å². The normalized spacial score (nSPS) is 14.9. The molecule has 4 rings (SSSR count). The fourth-order valence-corrected chi connectivity index (χ4v) is 3.83. The van der Waals surface area contributed by atoms with Crippen molar-refractivity contribution < 1.29 is 23.1 Å². The van der Waals surface area contributed by atoms with Gasteiger partial charge in [0.2, 0.25) is 0 Å². The van der Waals surface area contributed by atoms with Gasteiger partial charge in [0.15, 0.2) is 0 Å². The molecule has 9 heteroatoms. The first kappa shape index (κ1) is 21.6. The number of hydrogen-bond donors (Lipinski definition) is 2. The molecule has 1 aliphatic heterocycles. The molecule has 0 aliphatic carbocycles. The van der Waals surface area contributed by atoms with Crippen LogP contribution in [-0.2, 0) is 6.18 Å². The number of amides is 1. The van der Waals surface area contributed by atoms with Gasteiger partial charge in [0.05, 0.1) is 11.3 Å². The Balaban J connectivity index is 1.52. The molecule has 2 aromatic heterocycles. The van der Waals surface area contributed by atoms with Crippen LogP contribution in [-0.4, -0.2) is 39.2 Å². The summed E-state index contributed by atoms with van der Waals surface area (Å²) in [5.74, 6) is 0.707. The highest BCUT2D eigenvalue weighted by atomic mass is 19.4. The number of likely N-dealkylation sites (tertiary alicyclic amines) is 1. The van der Waals surface area contributed by atoms with E-state index in [1.807, 2.05) is 30.3 Å². The van der Waals surface area contributed by atoms with Gasteiger partial charge in [-0.3, -0.25) is 0 Å². The number of aromatic nitrogens is 2. The number of piperidine rings is 1. The summed E-state index contributed by atoms with van der Waals surface area (Å²) < 4.78 is 38.8. The molecule has 0 spiro atoms. The topological polar surface area (TPSA) is 78.4 Å². The van der Waals surface area contributed by atoms with E-state index in [-0.39, 0.29) is 11.7 Å². The highest BCUT2D eigenvalue weighted by Gasteiger charge is 2.30. The Bertz CT molecular complexity index is 1110. The van der Waals surface area contributed by atoms with Crippen LogP contribution in [0.4, 0.5) is 29.6 Å². The number of hydrogen-bond acceptors (Lipinski definition) is 4. The molecule has 1 amide bonds. The quantitative estimate of drug-likeness (QED) is 0.537. The van der Waals surface area contributed by atoms with Crippen molar-refractivity contribution in [3.63, 3.8) is 0 Å². The third kappa shape index (κ3) is 4.99. The maximum absolute atomic E-state index is 12.9. The molecule has 3 heterocycles. The number of anilines is 2. The lowest BCUT2D eigenvalue weighted by Crippen LogP contribution is -2.36. The van der Waals surface area contributed by atoms with Gasteiger partial charge < -0.3 is 15.3 Å². The predicted molar refractivity (Wildman–Crippen MR) is 114 cm³/mol. The Morgan fingerprint density at radius 3 is 2.50 bits per heavy atom. The summed E-state index contributed by atoms with van der Waals surface area (Å²) in [5.41, 5.74) is 1.88. The Kier molecular flexibility index (Phi) is 5.98. The molecule has 1 aromatic carbocycles. The lowest BCUT2D eigenvalue weighted by Gasteiger charge is -2.30. The first-order chi connectivity index (χ1) is 15.3. The van der Waals surface area contributed by atoms with Crippen molar-refractivity contribution in [2.75, 3.05) is 18.4 Å². The highest BCUT2D eigenvalue weighted by molar-refractivity contribution is 5.65. The van der Waals surface area contributed by atoms with Crippen molar-refractivity contribution >= 4 is 17.7 Å². The second-order valence-electron chi connectivity index (χ2n) is 7.63. The summed E-state index contributed by atoms with van der Waals surface area (Å²) in [6.07, 6.45) is -2.72. The molecule has 1 saturated heterocycles. The van der Waals surface area contributed by atoms with Crippen LogP contribution in [0.25, 0.3) is 11.3 Å². The van der Waals surface area contributed by atoms with E-state index >= 15 is 0 Å². The number of nitrogens with one attached hydrogen (secondary N) is 1. The van der Waals surface area contributed by atoms with E-state index in [0.717, 1.165) is 42.3 Å². The molecule has 1 aliphatic rings. The SMILES string of the molecule is O=C(O)N1CCC(c2cccc(-c3cccc(Nc4cc(C(F)(F)F)ccn4)n3)c2)CC1. The van der Waals surface area contributed by atoms with Gasteiger partial charge >= 0.3 is 12.3 Å². The summed E-state index contributed by atoms with van der Waals surface area (Å²) in [4.78, 5) is 21.0. The summed E-state index contributed by atoms with van der Waals surface area (Å²) in [6.45, 7) is 1.01. The van der Waals surface area contributed by atoms with E-state index in [0.29, 0.717) is 24.6 Å². The van der Waals surface area contributed by atoms with Crippen molar-refractivity contribution in [1.29, 1.82) is 0 Å². The lowest BCUT2D eigenvalue weighted by atomic mass is 9.88. The number of rotatable bonds is 4. The summed E-state index contributed by atoms with van der Waals surface area (Å²) in [6, 6.07) is 15.0. The van der Waals surface area contributed by atoms with Crippen LogP contribution in [0.15, 0.2) is 60.8 Å². The van der Waals surface area contributed by atoms with E-state index in [2.05, 4.69) is 15.3 Å². The van der Waals surface area contributed by atoms with Crippen molar-refractivity contribution in [2.24, 2.45) is 0 Å². The molecule has 3 aromatic rings. The third-order valence-corrected chi connectivity index (χ3v) is 5.51. The van der Waals surface area contributed by atoms with Crippen molar-refractivity contribution in [2.45, 2.75) is 24.9 Å². The van der Waals surface area contributed by atoms with E-state index in [9.17, 15) is 18.0 Å². The molecule has 2 N–H and O–H groups in total. The minimum Gasteiger partial charge on any atom is -0.465 e. The smallest absolute Gasteiger partial charge is 0.416 e. The van der Waals surface area contributed by atoms with Crippen LogP contribution in [0, 0.1) is 0 Å². The van der Waals surface area contributed by atoms with Gasteiger partial charge in [-0.2, -0.15) is 13.2 Å². The minimum absolute atomic E-state index is 0.0587. The molecular weight excluding hydrogens is 421 g/mol. The summed E-state index contributed by atoms with van der Waals surface area (Å²) in [7, 11) is 0. The van der Waals surface area contributed by atoms with E-state index in [1.165, 1.54) is 4.90 Å². The van der Waals surface area contributed by atoms with E-state index in [1.54, 1.807) is 12.1 Å². The minimum atomic E-state index is -4.45. The molecule has 0 radical (unpaired) electrons. The second kappa shape index (κ2) is 8.86. The number of pyridine rings is 2. The largest absolute Gasteiger partial charge is 0.465 e. The molecule has 6 nitrogen and oxygen atoms in total. The Morgan fingerprint density at radius 2 is 1.78 bits per heavy atom. The Hall–Kier alpha value is -3.62. The molecule has 0 unspecified atom stereocenters. The zero-order valence-corrected chi connectivity index (χ0v) is 17.0. The van der Waals surface area contributed by atoms with Crippen LogP contribution >= 0.6 is 0 Å². The third-order valence-electron chi connectivity index (χ3n) is 5.51. The number of carboxylic acid groups (broad SMARTS) is 1. The lowest BCUT2D eigenvalue weighted by molar-refractivity contribution is -0.137. The Morgan fingerprint density at radius 1 is 1.03 bits per heavy atom. The average molecular weight is 442 g/mol. The molecule has 166 valence electrons. The van der Waals surface area contributed by atoms with Gasteiger partial charge in [-0.15, -0.1) is 0 Å². The second-order valence-corrected chi connectivity index (χ2v) is 7.63. The number of benzene rings is 1. The van der Waals surface area contributed by atoms with Gasteiger partial charge in [-0.05, 0) is 54.7 Å². The summed E-state index contributed by atoms with van der Waals surface area (Å²) >= 11 is 0. The molecule has 1 fully saturated rings. The molecular formula is C23H21F3N4O2. The van der Waals surface area contributed by atoms with Crippen LogP contribution in [0.2, 0.25) is 0 Å². The summed E-state index contributed by atoms with van der Waals surface area (Å²) in [5, 5.41) is 12.0. The van der Waals surface area contributed by atoms with Crippen molar-refractivity contribution in [3.05, 3.63) is 71.9 Å². The standard InChI is InChI=1S/C23H21F3N4O2/c24-23(25,26)18-7-10-27-21(14-18)29-20-6-2-5-19(28-20)17-4-1-3-16(13-17)15-8-11-30(12-9-15)22(31)32/h1-7,10,13-15H,8-9,11-12H2,(H,31,32)(H,27,28,29). The molecule has 0 atom stereocenters. The first-order valence-corrected chi connectivity index (χ1v) is 10.1. The van der Waals surface area contributed by atoms with Gasteiger partial charge in [0.1, 0.15) is 11.6 Å². The molecule has 32 heavy (non-hydrogen) atoms. The number of alkyl halides is 3. The Labute approximate surface area is 182 Å². The maximum atomic E-state index is 12.9. The van der Waals surface area contributed by atoms with Gasteiger partial charge in [-0.1, -0.05) is 24.3 Å². The predicted octanol–water partition coefficient (Wildman–Crippen LogP) is 5.76. The average Bonchev–Trinajstić information content (AvgIpc) is 2.79. The molecule has 0 bridgehead atoms. The van der Waals surface area contributed by atoms with E-state index < -0.39 is 17.8 Å². The monoisotopic (exact) mass is 442 g/mol. The molecule has 0 saturated carbocycles. The van der Waals surface area contributed by atoms with Crippen LogP contribution in [0.5, 0.6) is 0 Å². The van der Waals surface area contributed by atoms with Crippen molar-refractivity contribution in [1.82, 2.24) is 14.9 Å². The zero-order valence-electron chi connectivity index (χ0n) is 17.0. The fourth-order valence-electron chi connectivity index (χ4n) is 3.83. The van der Waals surface area contributed by atoms with Crippen LogP contribution in [0.3, 0.4) is 0 Å². The van der Waals surface area contributed by atoms with Gasteiger partial charge in [0, 0.05) is 24.8 Å². The first-order valence-electron chi connectivity index (χ1n) is 10.1. The van der Waals surface area contributed by atoms with Crippen molar-refractivity contribution in [3.8, 4) is 11.3 Å². The number of halogens is 3. The maximum Gasteiger partial charge on any atom is 0.416 e. The van der Waals surface area contributed by atoms with E-state index in [4.69, 9.17) is 5.11 Å².